The first-order valence-corrected chi connectivity index (χ1v) is 16.8. The molecule has 3 saturated heterocycles. The minimum absolute atomic E-state index is 0.0648. The average molecular weight is 689 g/mol. The van der Waals surface area contributed by atoms with Crippen LogP contribution in [0.25, 0.3) is 21.8 Å². The lowest BCUT2D eigenvalue weighted by atomic mass is 10.1. The molecule has 3 aliphatic rings. The van der Waals surface area contributed by atoms with Crippen LogP contribution in [0.2, 0.25) is 10.3 Å². The van der Waals surface area contributed by atoms with Crippen LogP contribution in [0.1, 0.15) is 32.1 Å². The van der Waals surface area contributed by atoms with Crippen LogP contribution >= 0.6 is 23.2 Å². The van der Waals surface area contributed by atoms with E-state index >= 15 is 0 Å². The molecule has 4 aromatic rings. The van der Waals surface area contributed by atoms with Crippen molar-refractivity contribution in [3.63, 3.8) is 0 Å². The third-order valence-corrected chi connectivity index (χ3v) is 8.76. The molecule has 0 amide bonds. The van der Waals surface area contributed by atoms with E-state index in [1.807, 2.05) is 12.1 Å². The zero-order valence-corrected chi connectivity index (χ0v) is 27.6. The highest BCUT2D eigenvalue weighted by Gasteiger charge is 2.21. The molecule has 2 aromatic heterocycles. The van der Waals surface area contributed by atoms with Crippen molar-refractivity contribution in [1.82, 2.24) is 24.8 Å². The zero-order chi connectivity index (χ0) is 32.4. The summed E-state index contributed by atoms with van der Waals surface area (Å²) in [6.45, 7) is 8.07. The molecule has 0 radical (unpaired) electrons. The van der Waals surface area contributed by atoms with Crippen LogP contribution in [0.3, 0.4) is 0 Å². The smallest absolute Gasteiger partial charge is 0.144 e. The molecular formula is C33H39Cl2N5O7. The number of nitrogens with zero attached hydrogens (tertiary/aromatic N) is 5. The Balaban J connectivity index is 0.000000177. The Hall–Kier alpha value is -3.26. The van der Waals surface area contributed by atoms with Crippen molar-refractivity contribution in [2.45, 2.75) is 44.3 Å². The molecule has 5 heterocycles. The zero-order valence-electron chi connectivity index (χ0n) is 26.1. The van der Waals surface area contributed by atoms with Crippen LogP contribution in [0, 0.1) is 0 Å². The Bertz CT molecular complexity index is 1620. The Morgan fingerprint density at radius 1 is 0.702 bits per heavy atom. The van der Waals surface area contributed by atoms with Crippen molar-refractivity contribution in [2.24, 2.45) is 0 Å². The average Bonchev–Trinajstić information content (AvgIpc) is 3.08. The summed E-state index contributed by atoms with van der Waals surface area (Å²) < 4.78 is 34.3. The second kappa shape index (κ2) is 16.7. The quantitative estimate of drug-likeness (QED) is 0.176. The normalized spacial score (nSPS) is 18.1. The van der Waals surface area contributed by atoms with Gasteiger partial charge in [0.1, 0.15) is 58.2 Å². The number of phenols is 1. The SMILES string of the molecule is Clc1ncnc2cc(OCCCN3CCOCC3)cc(OC3CCOCC3)c12.Oc1cc(OC2CCOCC2)c2c(Cl)ncnc2c1. The molecule has 14 heteroatoms. The van der Waals surface area contributed by atoms with E-state index < -0.39 is 0 Å². The molecule has 47 heavy (non-hydrogen) atoms. The van der Waals surface area contributed by atoms with Gasteiger partial charge >= 0.3 is 0 Å². The minimum atomic E-state index is 0.0648. The van der Waals surface area contributed by atoms with Gasteiger partial charge in [0.15, 0.2) is 0 Å². The number of rotatable bonds is 9. The predicted molar refractivity (Wildman–Crippen MR) is 177 cm³/mol. The predicted octanol–water partition coefficient (Wildman–Crippen LogP) is 5.49. The molecule has 0 bridgehead atoms. The van der Waals surface area contributed by atoms with Gasteiger partial charge in [0.25, 0.3) is 0 Å². The second-order valence-electron chi connectivity index (χ2n) is 11.5. The van der Waals surface area contributed by atoms with Crippen molar-refractivity contribution in [3.05, 3.63) is 47.2 Å². The van der Waals surface area contributed by atoms with E-state index in [9.17, 15) is 5.11 Å². The molecule has 3 fully saturated rings. The molecule has 252 valence electrons. The number of fused-ring (bicyclic) bond motifs is 2. The van der Waals surface area contributed by atoms with Crippen LogP contribution < -0.4 is 14.2 Å². The summed E-state index contributed by atoms with van der Waals surface area (Å²) >= 11 is 12.4. The van der Waals surface area contributed by atoms with Gasteiger partial charge in [-0.2, -0.15) is 0 Å². The second-order valence-corrected chi connectivity index (χ2v) is 12.2. The summed E-state index contributed by atoms with van der Waals surface area (Å²) in [5.41, 5.74) is 1.30. The van der Waals surface area contributed by atoms with Gasteiger partial charge in [-0.05, 0) is 6.42 Å². The van der Waals surface area contributed by atoms with Gasteiger partial charge in [-0.3, -0.25) is 4.90 Å². The lowest BCUT2D eigenvalue weighted by Crippen LogP contribution is -2.37. The van der Waals surface area contributed by atoms with E-state index in [0.29, 0.717) is 65.7 Å². The van der Waals surface area contributed by atoms with Crippen LogP contribution in [0.4, 0.5) is 0 Å². The van der Waals surface area contributed by atoms with Crippen molar-refractivity contribution >= 4 is 45.0 Å². The molecule has 1 N–H and O–H groups in total. The van der Waals surface area contributed by atoms with Gasteiger partial charge < -0.3 is 33.5 Å². The van der Waals surface area contributed by atoms with E-state index in [1.165, 1.54) is 12.7 Å². The third-order valence-electron chi connectivity index (χ3n) is 8.18. The van der Waals surface area contributed by atoms with Crippen molar-refractivity contribution in [3.8, 4) is 23.0 Å². The van der Waals surface area contributed by atoms with E-state index in [4.69, 9.17) is 51.6 Å². The Kier molecular flexibility index (Phi) is 12.0. The topological polar surface area (TPSA) is 130 Å². The minimum Gasteiger partial charge on any atom is -0.508 e. The molecule has 0 unspecified atom stereocenters. The Labute approximate surface area is 283 Å². The number of halogens is 2. The molecule has 0 saturated carbocycles. The van der Waals surface area contributed by atoms with Crippen molar-refractivity contribution in [2.75, 3.05) is 65.9 Å². The van der Waals surface area contributed by atoms with Crippen LogP contribution in [0.5, 0.6) is 23.0 Å². The Morgan fingerprint density at radius 2 is 1.23 bits per heavy atom. The molecular weight excluding hydrogens is 649 g/mol. The summed E-state index contributed by atoms with van der Waals surface area (Å²) in [4.78, 5) is 18.9. The van der Waals surface area contributed by atoms with Crippen molar-refractivity contribution in [1.29, 1.82) is 0 Å². The summed E-state index contributed by atoms with van der Waals surface area (Å²) in [5, 5.41) is 11.8. The molecule has 2 aromatic carbocycles. The maximum atomic E-state index is 9.72. The monoisotopic (exact) mass is 687 g/mol. The number of phenolic OH excluding ortho intramolecular Hbond substituents is 1. The third kappa shape index (κ3) is 9.21. The number of aromatic hydroxyl groups is 1. The molecule has 0 spiro atoms. The fourth-order valence-corrected chi connectivity index (χ4v) is 6.18. The maximum Gasteiger partial charge on any atom is 0.144 e. The van der Waals surface area contributed by atoms with E-state index in [0.717, 1.165) is 81.6 Å². The lowest BCUT2D eigenvalue weighted by molar-refractivity contribution is 0.0258. The molecule has 12 nitrogen and oxygen atoms in total. The fourth-order valence-electron chi connectivity index (χ4n) is 5.71. The van der Waals surface area contributed by atoms with E-state index in [-0.39, 0.29) is 18.0 Å². The highest BCUT2D eigenvalue weighted by Crippen LogP contribution is 2.36. The van der Waals surface area contributed by atoms with E-state index in [2.05, 4.69) is 24.8 Å². The number of benzene rings is 2. The number of hydrogen-bond donors (Lipinski definition) is 1. The van der Waals surface area contributed by atoms with Crippen molar-refractivity contribution < 1.29 is 33.5 Å². The highest BCUT2D eigenvalue weighted by atomic mass is 35.5. The number of hydrogen-bond acceptors (Lipinski definition) is 12. The van der Waals surface area contributed by atoms with Crippen LogP contribution in [0.15, 0.2) is 36.9 Å². The largest absolute Gasteiger partial charge is 0.508 e. The molecule has 3 aliphatic heterocycles. The first kappa shape index (κ1) is 33.6. The highest BCUT2D eigenvalue weighted by molar-refractivity contribution is 6.35. The fraction of sp³-hybridized carbons (Fsp3) is 0.515. The van der Waals surface area contributed by atoms with Gasteiger partial charge in [0.2, 0.25) is 0 Å². The summed E-state index contributed by atoms with van der Waals surface area (Å²) in [6.07, 6.45) is 7.31. The molecule has 7 rings (SSSR count). The van der Waals surface area contributed by atoms with Gasteiger partial charge in [-0.1, -0.05) is 23.2 Å². The lowest BCUT2D eigenvalue weighted by Gasteiger charge is -2.26. The number of aromatic nitrogens is 4. The van der Waals surface area contributed by atoms with Gasteiger partial charge in [0, 0.05) is 69.6 Å². The Morgan fingerprint density at radius 3 is 1.83 bits per heavy atom. The first-order chi connectivity index (χ1) is 23.0. The molecule has 0 atom stereocenters. The first-order valence-electron chi connectivity index (χ1n) is 16.0. The summed E-state index contributed by atoms with van der Waals surface area (Å²) in [7, 11) is 0. The standard InChI is InChI=1S/C20H26ClN3O4.C13H13ClN2O3/c21-20-19-17(22-14-23-20)12-16(13-18(19)28-15-2-8-25-9-3-15)27-7-1-4-24-5-10-26-11-6-24;14-13-12-10(15-7-16-13)5-8(17)6-11(12)19-9-1-3-18-4-2-9/h12-15H,1-11H2;5-7,9,17H,1-4H2. The van der Waals surface area contributed by atoms with Gasteiger partial charge in [-0.15, -0.1) is 0 Å². The van der Waals surface area contributed by atoms with Crippen LogP contribution in [-0.2, 0) is 14.2 Å². The summed E-state index contributed by atoms with van der Waals surface area (Å²) in [5.74, 6) is 2.04. The van der Waals surface area contributed by atoms with E-state index in [1.54, 1.807) is 12.1 Å². The maximum absolute atomic E-state index is 9.72. The van der Waals surface area contributed by atoms with Crippen LogP contribution in [-0.4, -0.2) is 108 Å². The van der Waals surface area contributed by atoms with Gasteiger partial charge in [-0.25, -0.2) is 19.9 Å². The molecule has 0 aliphatic carbocycles. The number of ether oxygens (including phenoxy) is 6. The van der Waals surface area contributed by atoms with Gasteiger partial charge in [0.05, 0.1) is 68.1 Å². The summed E-state index contributed by atoms with van der Waals surface area (Å²) in [6, 6.07) is 6.89. The number of morpholine rings is 1.